The third kappa shape index (κ3) is 3.93. The third-order valence-electron chi connectivity index (χ3n) is 4.18. The van der Waals surface area contributed by atoms with Gasteiger partial charge in [0.15, 0.2) is 0 Å². The molecule has 0 aromatic heterocycles. The molecule has 2 saturated heterocycles. The number of nitrogens with one attached hydrogen (secondary N) is 1. The Morgan fingerprint density at radius 1 is 1.22 bits per heavy atom. The average Bonchev–Trinajstić information content (AvgIpc) is 2.37. The van der Waals surface area contributed by atoms with Crippen molar-refractivity contribution in [3.05, 3.63) is 0 Å². The van der Waals surface area contributed by atoms with Crippen LogP contribution in [0.3, 0.4) is 0 Å². The van der Waals surface area contributed by atoms with E-state index in [1.54, 1.807) is 0 Å². The second-order valence-corrected chi connectivity index (χ2v) is 7.97. The number of rotatable bonds is 4. The fourth-order valence-corrected chi connectivity index (χ4v) is 4.56. The molecule has 0 radical (unpaired) electrons. The number of hydrogen-bond donors (Lipinski definition) is 1. The van der Waals surface area contributed by atoms with Gasteiger partial charge in [0.25, 0.3) is 0 Å². The first-order valence-electron chi connectivity index (χ1n) is 7.28. The first-order chi connectivity index (χ1) is 8.61. The molecule has 2 aliphatic rings. The molecule has 5 heteroatoms. The minimum Gasteiger partial charge on any atom is -0.313 e. The first-order valence-corrected chi connectivity index (χ1v) is 9.11. The van der Waals surface area contributed by atoms with Gasteiger partial charge in [0.2, 0.25) is 0 Å². The summed E-state index contributed by atoms with van der Waals surface area (Å²) in [5.74, 6) is 0.780. The van der Waals surface area contributed by atoms with Crippen LogP contribution in [-0.4, -0.2) is 56.5 Å². The molecule has 2 fully saturated rings. The molecule has 0 aromatic rings. The molecule has 0 amide bonds. The monoisotopic (exact) mass is 274 g/mol. The maximum atomic E-state index is 11.5. The molecule has 1 atom stereocenters. The summed E-state index contributed by atoms with van der Waals surface area (Å²) in [4.78, 5) is 2.52. The van der Waals surface area contributed by atoms with E-state index in [4.69, 9.17) is 0 Å². The Morgan fingerprint density at radius 2 is 1.94 bits per heavy atom. The number of piperidine rings is 1. The smallest absolute Gasteiger partial charge is 0.150 e. The molecular weight excluding hydrogens is 248 g/mol. The van der Waals surface area contributed by atoms with Crippen LogP contribution in [0.4, 0.5) is 0 Å². The average molecular weight is 274 g/mol. The second-order valence-electron chi connectivity index (χ2n) is 5.67. The van der Waals surface area contributed by atoms with Gasteiger partial charge in [-0.3, -0.25) is 4.90 Å². The lowest BCUT2D eigenvalue weighted by atomic mass is 10.0. The van der Waals surface area contributed by atoms with Gasteiger partial charge in [0.05, 0.1) is 11.5 Å². The Hall–Kier alpha value is -0.130. The zero-order chi connectivity index (χ0) is 13.0. The summed E-state index contributed by atoms with van der Waals surface area (Å²) < 4.78 is 22.9. The largest absolute Gasteiger partial charge is 0.313 e. The Bertz CT molecular complexity index is 342. The number of sulfone groups is 1. The number of hydrogen-bond acceptors (Lipinski definition) is 4. The fraction of sp³-hybridized carbons (Fsp3) is 1.00. The van der Waals surface area contributed by atoms with Crippen LogP contribution in [0.5, 0.6) is 0 Å². The lowest BCUT2D eigenvalue weighted by Crippen LogP contribution is -2.51. The van der Waals surface area contributed by atoms with Gasteiger partial charge >= 0.3 is 0 Å². The number of nitrogens with zero attached hydrogens (tertiary/aromatic N) is 1. The molecule has 0 saturated carbocycles. The van der Waals surface area contributed by atoms with Crippen molar-refractivity contribution < 1.29 is 8.42 Å². The molecule has 0 aliphatic carbocycles. The highest BCUT2D eigenvalue weighted by Gasteiger charge is 2.30. The summed E-state index contributed by atoms with van der Waals surface area (Å²) in [7, 11) is -2.72. The molecule has 1 N–H and O–H groups in total. The lowest BCUT2D eigenvalue weighted by molar-refractivity contribution is 0.129. The molecule has 4 nitrogen and oxygen atoms in total. The van der Waals surface area contributed by atoms with Crippen molar-refractivity contribution in [2.45, 2.75) is 51.1 Å². The van der Waals surface area contributed by atoms with Crippen LogP contribution in [0.15, 0.2) is 0 Å². The lowest BCUT2D eigenvalue weighted by Gasteiger charge is -2.40. The van der Waals surface area contributed by atoms with Gasteiger partial charge in [-0.15, -0.1) is 0 Å². The van der Waals surface area contributed by atoms with Gasteiger partial charge in [0.1, 0.15) is 9.84 Å². The standard InChI is InChI=1S/C13H26N2O2S/c1-2-7-14-12-4-3-8-15(11-12)13-5-9-18(16,17)10-6-13/h12-14H,2-11H2,1H3. The fourth-order valence-electron chi connectivity index (χ4n) is 3.10. The second kappa shape index (κ2) is 6.35. The maximum absolute atomic E-state index is 11.5. The van der Waals surface area contributed by atoms with Gasteiger partial charge in [-0.25, -0.2) is 8.42 Å². The Labute approximate surface area is 111 Å². The number of likely N-dealkylation sites (tertiary alicyclic amines) is 1. The van der Waals surface area contributed by atoms with Crippen molar-refractivity contribution in [1.29, 1.82) is 0 Å². The van der Waals surface area contributed by atoms with Crippen LogP contribution in [0.1, 0.15) is 39.0 Å². The van der Waals surface area contributed by atoms with E-state index in [9.17, 15) is 8.42 Å². The van der Waals surface area contributed by atoms with Gasteiger partial charge in [-0.05, 0) is 45.2 Å². The molecule has 0 spiro atoms. The summed E-state index contributed by atoms with van der Waals surface area (Å²) >= 11 is 0. The Balaban J connectivity index is 1.82. The maximum Gasteiger partial charge on any atom is 0.150 e. The summed E-state index contributed by atoms with van der Waals surface area (Å²) in [5.41, 5.74) is 0. The molecule has 0 aromatic carbocycles. The van der Waals surface area contributed by atoms with E-state index in [1.807, 2.05) is 0 Å². The van der Waals surface area contributed by atoms with Gasteiger partial charge in [-0.1, -0.05) is 6.92 Å². The van der Waals surface area contributed by atoms with E-state index in [-0.39, 0.29) is 0 Å². The predicted octanol–water partition coefficient (Wildman–Crippen LogP) is 1.03. The minimum atomic E-state index is -2.72. The van der Waals surface area contributed by atoms with Crippen LogP contribution >= 0.6 is 0 Å². The van der Waals surface area contributed by atoms with E-state index >= 15 is 0 Å². The molecule has 0 bridgehead atoms. The van der Waals surface area contributed by atoms with Crippen molar-refractivity contribution >= 4 is 9.84 Å². The van der Waals surface area contributed by atoms with Crippen LogP contribution in [0, 0.1) is 0 Å². The summed E-state index contributed by atoms with van der Waals surface area (Å²) in [5, 5.41) is 3.60. The van der Waals surface area contributed by atoms with Crippen molar-refractivity contribution in [1.82, 2.24) is 10.2 Å². The molecule has 1 unspecified atom stereocenters. The van der Waals surface area contributed by atoms with Crippen molar-refractivity contribution in [3.63, 3.8) is 0 Å². The molecule has 2 aliphatic heterocycles. The molecule has 106 valence electrons. The topological polar surface area (TPSA) is 49.4 Å². The molecule has 18 heavy (non-hydrogen) atoms. The predicted molar refractivity (Wildman–Crippen MR) is 74.6 cm³/mol. The summed E-state index contributed by atoms with van der Waals surface area (Å²) in [6, 6.07) is 1.11. The van der Waals surface area contributed by atoms with E-state index in [1.165, 1.54) is 19.3 Å². The van der Waals surface area contributed by atoms with E-state index in [0.29, 0.717) is 23.6 Å². The SMILES string of the molecule is CCCNC1CCCN(C2CCS(=O)(=O)CC2)C1. The molecule has 2 heterocycles. The van der Waals surface area contributed by atoms with Gasteiger partial charge < -0.3 is 5.32 Å². The normalized spacial score (nSPS) is 30.4. The highest BCUT2D eigenvalue weighted by Crippen LogP contribution is 2.22. The summed E-state index contributed by atoms with van der Waals surface area (Å²) in [6.07, 6.45) is 5.36. The Kier molecular flexibility index (Phi) is 5.04. The van der Waals surface area contributed by atoms with Crippen LogP contribution in [0.2, 0.25) is 0 Å². The van der Waals surface area contributed by atoms with Crippen molar-refractivity contribution in [2.75, 3.05) is 31.1 Å². The Morgan fingerprint density at radius 3 is 2.61 bits per heavy atom. The van der Waals surface area contributed by atoms with Crippen molar-refractivity contribution in [2.24, 2.45) is 0 Å². The van der Waals surface area contributed by atoms with Crippen LogP contribution in [0.25, 0.3) is 0 Å². The third-order valence-corrected chi connectivity index (χ3v) is 5.89. The van der Waals surface area contributed by atoms with E-state index in [2.05, 4.69) is 17.1 Å². The highest BCUT2D eigenvalue weighted by molar-refractivity contribution is 7.91. The molecular formula is C13H26N2O2S. The quantitative estimate of drug-likeness (QED) is 0.832. The molecule has 2 rings (SSSR count). The van der Waals surface area contributed by atoms with Crippen LogP contribution in [-0.2, 0) is 9.84 Å². The summed E-state index contributed by atoms with van der Waals surface area (Å²) in [6.45, 7) is 5.54. The minimum absolute atomic E-state index is 0.390. The van der Waals surface area contributed by atoms with Gasteiger partial charge in [0, 0.05) is 18.6 Å². The van der Waals surface area contributed by atoms with E-state index < -0.39 is 9.84 Å². The highest BCUT2D eigenvalue weighted by atomic mass is 32.2. The van der Waals surface area contributed by atoms with Crippen LogP contribution < -0.4 is 5.32 Å². The zero-order valence-corrected chi connectivity index (χ0v) is 12.2. The van der Waals surface area contributed by atoms with Crippen molar-refractivity contribution in [3.8, 4) is 0 Å². The van der Waals surface area contributed by atoms with Gasteiger partial charge in [-0.2, -0.15) is 0 Å². The van der Waals surface area contributed by atoms with E-state index in [0.717, 1.165) is 32.5 Å². The zero-order valence-electron chi connectivity index (χ0n) is 11.4. The first kappa shape index (κ1) is 14.3.